The Morgan fingerprint density at radius 1 is 1.42 bits per heavy atom. The third-order valence-corrected chi connectivity index (χ3v) is 3.02. The normalized spacial score (nSPS) is 12.9. The first-order valence-electron chi connectivity index (χ1n) is 5.77. The second kappa shape index (κ2) is 6.46. The van der Waals surface area contributed by atoms with Gasteiger partial charge in [-0.25, -0.2) is 4.79 Å². The SMILES string of the molecule is CC(C)(C)NC(=O)OCC(O)c1cccc(Cl)c1Cl. The van der Waals surface area contributed by atoms with Crippen LogP contribution in [0.2, 0.25) is 10.0 Å². The lowest BCUT2D eigenvalue weighted by atomic mass is 10.1. The number of rotatable bonds is 3. The number of benzene rings is 1. The van der Waals surface area contributed by atoms with Gasteiger partial charge in [-0.05, 0) is 26.8 Å². The van der Waals surface area contributed by atoms with Crippen molar-refractivity contribution in [3.63, 3.8) is 0 Å². The van der Waals surface area contributed by atoms with E-state index in [4.69, 9.17) is 27.9 Å². The Morgan fingerprint density at radius 2 is 2.05 bits per heavy atom. The van der Waals surface area contributed by atoms with Crippen LogP contribution in [-0.4, -0.2) is 23.3 Å². The summed E-state index contributed by atoms with van der Waals surface area (Å²) >= 11 is 11.8. The Labute approximate surface area is 122 Å². The van der Waals surface area contributed by atoms with Crippen molar-refractivity contribution in [2.45, 2.75) is 32.4 Å². The molecule has 1 aromatic rings. The van der Waals surface area contributed by atoms with Crippen LogP contribution in [0.1, 0.15) is 32.4 Å². The first-order chi connectivity index (χ1) is 8.70. The molecule has 0 fully saturated rings. The van der Waals surface area contributed by atoms with Crippen LogP contribution in [0, 0.1) is 0 Å². The van der Waals surface area contributed by atoms with E-state index >= 15 is 0 Å². The van der Waals surface area contributed by atoms with Gasteiger partial charge in [-0.3, -0.25) is 0 Å². The van der Waals surface area contributed by atoms with Gasteiger partial charge < -0.3 is 15.2 Å². The summed E-state index contributed by atoms with van der Waals surface area (Å²) in [5, 5.41) is 13.2. The number of aliphatic hydroxyl groups excluding tert-OH is 1. The summed E-state index contributed by atoms with van der Waals surface area (Å²) < 4.78 is 4.93. The van der Waals surface area contributed by atoms with E-state index in [1.54, 1.807) is 18.2 Å². The second-order valence-corrected chi connectivity index (χ2v) is 5.92. The number of ether oxygens (including phenoxy) is 1. The van der Waals surface area contributed by atoms with Gasteiger partial charge in [0.1, 0.15) is 12.7 Å². The number of alkyl carbamates (subject to hydrolysis) is 1. The lowest BCUT2D eigenvalue weighted by molar-refractivity contribution is 0.0648. The van der Waals surface area contributed by atoms with Gasteiger partial charge in [-0.2, -0.15) is 0 Å². The monoisotopic (exact) mass is 305 g/mol. The van der Waals surface area contributed by atoms with Gasteiger partial charge in [-0.15, -0.1) is 0 Å². The van der Waals surface area contributed by atoms with E-state index in [-0.39, 0.29) is 11.6 Å². The van der Waals surface area contributed by atoms with E-state index < -0.39 is 17.7 Å². The van der Waals surface area contributed by atoms with Crippen molar-refractivity contribution in [2.24, 2.45) is 0 Å². The molecule has 1 atom stereocenters. The zero-order valence-electron chi connectivity index (χ0n) is 11.0. The van der Waals surface area contributed by atoms with E-state index in [9.17, 15) is 9.90 Å². The number of hydrogen-bond donors (Lipinski definition) is 2. The summed E-state index contributed by atoms with van der Waals surface area (Å²) in [6.45, 7) is 5.30. The van der Waals surface area contributed by atoms with Crippen molar-refractivity contribution in [2.75, 3.05) is 6.61 Å². The molecule has 1 unspecified atom stereocenters. The number of carbonyl (C=O) groups excluding carboxylic acids is 1. The molecule has 19 heavy (non-hydrogen) atoms. The molecule has 1 amide bonds. The summed E-state index contributed by atoms with van der Waals surface area (Å²) in [5.74, 6) is 0. The molecule has 0 saturated carbocycles. The van der Waals surface area contributed by atoms with Crippen molar-refractivity contribution in [1.29, 1.82) is 0 Å². The third-order valence-electron chi connectivity index (χ3n) is 2.19. The maximum atomic E-state index is 11.4. The molecule has 0 spiro atoms. The molecule has 2 N–H and O–H groups in total. The molecule has 0 radical (unpaired) electrons. The molecule has 4 nitrogen and oxygen atoms in total. The minimum absolute atomic E-state index is 0.192. The molecule has 0 saturated heterocycles. The van der Waals surface area contributed by atoms with Crippen LogP contribution in [0.4, 0.5) is 4.79 Å². The molecule has 0 aliphatic rings. The minimum atomic E-state index is -1.02. The number of amides is 1. The van der Waals surface area contributed by atoms with E-state index in [1.165, 1.54) is 0 Å². The quantitative estimate of drug-likeness (QED) is 0.898. The lowest BCUT2D eigenvalue weighted by Gasteiger charge is -2.21. The smallest absolute Gasteiger partial charge is 0.407 e. The summed E-state index contributed by atoms with van der Waals surface area (Å²) in [5.41, 5.74) is 0.0353. The zero-order chi connectivity index (χ0) is 14.6. The van der Waals surface area contributed by atoms with Gasteiger partial charge in [0, 0.05) is 11.1 Å². The van der Waals surface area contributed by atoms with Crippen LogP contribution in [0.25, 0.3) is 0 Å². The highest BCUT2D eigenvalue weighted by Gasteiger charge is 2.18. The molecule has 0 heterocycles. The number of halogens is 2. The molecule has 106 valence electrons. The molecule has 1 rings (SSSR count). The fourth-order valence-corrected chi connectivity index (χ4v) is 1.80. The molecule has 0 aliphatic heterocycles. The van der Waals surface area contributed by atoms with Crippen molar-refractivity contribution < 1.29 is 14.6 Å². The van der Waals surface area contributed by atoms with E-state index in [1.807, 2.05) is 20.8 Å². The highest BCUT2D eigenvalue weighted by molar-refractivity contribution is 6.42. The van der Waals surface area contributed by atoms with Gasteiger partial charge in [0.25, 0.3) is 0 Å². The maximum Gasteiger partial charge on any atom is 0.407 e. The second-order valence-electron chi connectivity index (χ2n) is 5.13. The zero-order valence-corrected chi connectivity index (χ0v) is 12.5. The van der Waals surface area contributed by atoms with Gasteiger partial charge in [0.2, 0.25) is 0 Å². The van der Waals surface area contributed by atoms with Gasteiger partial charge in [-0.1, -0.05) is 35.3 Å². The number of aliphatic hydroxyl groups is 1. The number of hydrogen-bond acceptors (Lipinski definition) is 3. The Hall–Kier alpha value is -0.970. The van der Waals surface area contributed by atoms with Crippen molar-refractivity contribution in [3.05, 3.63) is 33.8 Å². The van der Waals surface area contributed by atoms with Crippen LogP contribution >= 0.6 is 23.2 Å². The average Bonchev–Trinajstić information content (AvgIpc) is 2.27. The topological polar surface area (TPSA) is 58.6 Å². The molecule has 0 bridgehead atoms. The van der Waals surface area contributed by atoms with Crippen LogP contribution in [-0.2, 0) is 4.74 Å². The highest BCUT2D eigenvalue weighted by atomic mass is 35.5. The van der Waals surface area contributed by atoms with Crippen LogP contribution in [0.15, 0.2) is 18.2 Å². The fourth-order valence-electron chi connectivity index (χ4n) is 1.36. The Morgan fingerprint density at radius 3 is 2.63 bits per heavy atom. The van der Waals surface area contributed by atoms with Crippen molar-refractivity contribution >= 4 is 29.3 Å². The van der Waals surface area contributed by atoms with Crippen molar-refractivity contribution in [1.82, 2.24) is 5.32 Å². The first kappa shape index (κ1) is 16.1. The summed E-state index contributed by atoms with van der Waals surface area (Å²) in [6, 6.07) is 4.92. The average molecular weight is 306 g/mol. The predicted octanol–water partition coefficient (Wildman–Crippen LogP) is 3.55. The third kappa shape index (κ3) is 5.27. The van der Waals surface area contributed by atoms with Crippen LogP contribution in [0.5, 0.6) is 0 Å². The molecule has 0 aromatic heterocycles. The minimum Gasteiger partial charge on any atom is -0.446 e. The van der Waals surface area contributed by atoms with Gasteiger partial charge in [0.15, 0.2) is 0 Å². The molecule has 6 heteroatoms. The van der Waals surface area contributed by atoms with E-state index in [0.717, 1.165) is 0 Å². The Kier molecular flexibility index (Phi) is 5.47. The van der Waals surface area contributed by atoms with Crippen molar-refractivity contribution in [3.8, 4) is 0 Å². The Balaban J connectivity index is 2.59. The summed E-state index contributed by atoms with van der Waals surface area (Å²) in [7, 11) is 0. The molecular formula is C13H17Cl2NO3. The maximum absolute atomic E-state index is 11.4. The lowest BCUT2D eigenvalue weighted by Crippen LogP contribution is -2.41. The summed E-state index contributed by atoms with van der Waals surface area (Å²) in [4.78, 5) is 11.4. The Bertz CT molecular complexity index is 458. The van der Waals surface area contributed by atoms with Gasteiger partial charge >= 0.3 is 6.09 Å². The van der Waals surface area contributed by atoms with Crippen LogP contribution < -0.4 is 5.32 Å². The standard InChI is InChI=1S/C13H17Cl2NO3/c1-13(2,3)16-12(18)19-7-10(17)8-5-4-6-9(14)11(8)15/h4-6,10,17H,7H2,1-3H3,(H,16,18). The fraction of sp³-hybridized carbons (Fsp3) is 0.462. The molecule has 0 aliphatic carbocycles. The number of carbonyl (C=O) groups is 1. The largest absolute Gasteiger partial charge is 0.446 e. The van der Waals surface area contributed by atoms with E-state index in [0.29, 0.717) is 10.6 Å². The van der Waals surface area contributed by atoms with E-state index in [2.05, 4.69) is 5.32 Å². The molecule has 1 aromatic carbocycles. The van der Waals surface area contributed by atoms with Gasteiger partial charge in [0.05, 0.1) is 10.0 Å². The number of nitrogens with one attached hydrogen (secondary N) is 1. The first-order valence-corrected chi connectivity index (χ1v) is 6.53. The summed E-state index contributed by atoms with van der Waals surface area (Å²) in [6.07, 6.45) is -1.61. The molecular weight excluding hydrogens is 289 g/mol. The van der Waals surface area contributed by atoms with Crippen LogP contribution in [0.3, 0.4) is 0 Å². The highest BCUT2D eigenvalue weighted by Crippen LogP contribution is 2.29. The predicted molar refractivity (Wildman–Crippen MR) is 75.7 cm³/mol.